The molecule has 1 saturated heterocycles. The van der Waals surface area contributed by atoms with E-state index >= 15 is 0 Å². The lowest BCUT2D eigenvalue weighted by molar-refractivity contribution is -0.153. The van der Waals surface area contributed by atoms with Crippen LogP contribution in [-0.4, -0.2) is 75.7 Å². The monoisotopic (exact) mass is 417 g/mol. The summed E-state index contributed by atoms with van der Waals surface area (Å²) in [5.41, 5.74) is -0.617. The first-order valence-electron chi connectivity index (χ1n) is 9.24. The van der Waals surface area contributed by atoms with E-state index in [1.807, 2.05) is 0 Å². The van der Waals surface area contributed by atoms with Crippen LogP contribution in [0.5, 0.6) is 0 Å². The number of thioether (sulfide) groups is 1. The van der Waals surface area contributed by atoms with Crippen molar-refractivity contribution in [2.24, 2.45) is 5.92 Å². The summed E-state index contributed by atoms with van der Waals surface area (Å²) < 4.78 is 5.18. The molecule has 0 aromatic carbocycles. The van der Waals surface area contributed by atoms with Crippen molar-refractivity contribution in [1.82, 2.24) is 15.5 Å². The van der Waals surface area contributed by atoms with E-state index in [2.05, 4.69) is 10.6 Å². The number of nitrogens with zero attached hydrogens (tertiary/aromatic N) is 1. The minimum absolute atomic E-state index is 0.143. The molecule has 3 N–H and O–H groups in total. The molecule has 0 aromatic heterocycles. The van der Waals surface area contributed by atoms with E-state index in [0.29, 0.717) is 12.3 Å². The van der Waals surface area contributed by atoms with Crippen molar-refractivity contribution in [1.29, 1.82) is 0 Å². The summed E-state index contributed by atoms with van der Waals surface area (Å²) in [7, 11) is 0. The van der Waals surface area contributed by atoms with Gasteiger partial charge in [0.2, 0.25) is 11.8 Å². The molecule has 0 saturated carbocycles. The van der Waals surface area contributed by atoms with Crippen LogP contribution in [0.15, 0.2) is 0 Å². The number of rotatable bonds is 8. The van der Waals surface area contributed by atoms with Crippen LogP contribution < -0.4 is 10.6 Å². The van der Waals surface area contributed by atoms with Gasteiger partial charge in [0, 0.05) is 12.3 Å². The molecule has 0 spiro atoms. The van der Waals surface area contributed by atoms with Gasteiger partial charge in [-0.3, -0.25) is 19.7 Å². The lowest BCUT2D eigenvalue weighted by atomic mass is 10.0. The maximum atomic E-state index is 12.8. The van der Waals surface area contributed by atoms with E-state index in [9.17, 15) is 24.3 Å². The lowest BCUT2D eigenvalue weighted by Crippen LogP contribution is -2.56. The van der Waals surface area contributed by atoms with Gasteiger partial charge >= 0.3 is 11.9 Å². The summed E-state index contributed by atoms with van der Waals surface area (Å²) >= 11 is 1.19. The van der Waals surface area contributed by atoms with E-state index in [1.165, 1.54) is 16.7 Å². The Kier molecular flexibility index (Phi) is 8.75. The molecule has 1 rings (SSSR count). The van der Waals surface area contributed by atoms with Gasteiger partial charge in [-0.1, -0.05) is 13.8 Å². The van der Waals surface area contributed by atoms with Gasteiger partial charge in [-0.15, -0.1) is 11.8 Å². The molecular formula is C18H31N3O6S. The molecule has 3 unspecified atom stereocenters. The molecule has 3 atom stereocenters. The van der Waals surface area contributed by atoms with Gasteiger partial charge in [0.05, 0.1) is 12.6 Å². The normalized spacial score (nSPS) is 19.2. The maximum Gasteiger partial charge on any atom is 0.337 e. The Labute approximate surface area is 169 Å². The fourth-order valence-electron chi connectivity index (χ4n) is 2.58. The third-order valence-electron chi connectivity index (χ3n) is 3.98. The van der Waals surface area contributed by atoms with Gasteiger partial charge in [0.1, 0.15) is 11.6 Å². The summed E-state index contributed by atoms with van der Waals surface area (Å²) in [4.78, 5) is 49.7. The van der Waals surface area contributed by atoms with E-state index in [-0.39, 0.29) is 12.5 Å². The predicted octanol–water partition coefficient (Wildman–Crippen LogP) is 0.433. The molecule has 2 amide bonds. The van der Waals surface area contributed by atoms with Crippen LogP contribution in [0.3, 0.4) is 0 Å². The fourth-order valence-corrected chi connectivity index (χ4v) is 3.63. The number of hydrogen-bond donors (Lipinski definition) is 3. The van der Waals surface area contributed by atoms with Gasteiger partial charge in [-0.05, 0) is 33.6 Å². The number of hydrogen-bond acceptors (Lipinski definition) is 7. The zero-order valence-electron chi connectivity index (χ0n) is 17.3. The smallest absolute Gasteiger partial charge is 0.337 e. The standard InChI is InChI=1S/C18H31N3O6S/c1-10(2)13(15(24)21-7-8-28-16(21)17(25)26)20-14(23)11(3)19-9-12(22)27-18(4,5)6/h10-11,13,16,19H,7-9H2,1-6H3,(H,20,23)(H,25,26). The zero-order valence-corrected chi connectivity index (χ0v) is 18.1. The Morgan fingerprint density at radius 3 is 2.32 bits per heavy atom. The summed E-state index contributed by atoms with van der Waals surface area (Å²) in [5.74, 6) is -2.11. The topological polar surface area (TPSA) is 125 Å². The number of ether oxygens (including phenoxy) is 1. The van der Waals surface area contributed by atoms with Gasteiger partial charge in [0.15, 0.2) is 5.37 Å². The van der Waals surface area contributed by atoms with Crippen molar-refractivity contribution in [3.63, 3.8) is 0 Å². The first-order chi connectivity index (χ1) is 12.8. The average Bonchev–Trinajstić information content (AvgIpc) is 3.04. The van der Waals surface area contributed by atoms with Crippen LogP contribution >= 0.6 is 11.8 Å². The second-order valence-corrected chi connectivity index (χ2v) is 9.20. The fraction of sp³-hybridized carbons (Fsp3) is 0.778. The highest BCUT2D eigenvalue weighted by molar-refractivity contribution is 8.00. The molecule has 0 aromatic rings. The number of carboxylic acid groups (broad SMARTS) is 1. The van der Waals surface area contributed by atoms with Gasteiger partial charge in [-0.25, -0.2) is 4.79 Å². The molecule has 160 valence electrons. The minimum Gasteiger partial charge on any atom is -0.479 e. The molecule has 28 heavy (non-hydrogen) atoms. The Morgan fingerprint density at radius 2 is 1.82 bits per heavy atom. The summed E-state index contributed by atoms with van der Waals surface area (Å²) in [6.45, 7) is 10.6. The number of aliphatic carboxylic acids is 1. The third kappa shape index (κ3) is 7.31. The van der Waals surface area contributed by atoms with E-state index in [0.717, 1.165) is 0 Å². The van der Waals surface area contributed by atoms with Crippen LogP contribution in [0.2, 0.25) is 0 Å². The largest absolute Gasteiger partial charge is 0.479 e. The summed E-state index contributed by atoms with van der Waals surface area (Å²) in [6.07, 6.45) is 0. The molecule has 10 heteroatoms. The van der Waals surface area contributed by atoms with Crippen molar-refractivity contribution in [3.05, 3.63) is 0 Å². The summed E-state index contributed by atoms with van der Waals surface area (Å²) in [6, 6.07) is -1.58. The van der Waals surface area contributed by atoms with Crippen LogP contribution in [0.25, 0.3) is 0 Å². The van der Waals surface area contributed by atoms with Crippen molar-refractivity contribution in [3.8, 4) is 0 Å². The highest BCUT2D eigenvalue weighted by Crippen LogP contribution is 2.25. The lowest BCUT2D eigenvalue weighted by Gasteiger charge is -2.29. The molecule has 1 aliphatic heterocycles. The number of amides is 2. The van der Waals surface area contributed by atoms with Crippen molar-refractivity contribution < 1.29 is 29.0 Å². The second kappa shape index (κ2) is 10.1. The van der Waals surface area contributed by atoms with Crippen LogP contribution in [-0.2, 0) is 23.9 Å². The molecular weight excluding hydrogens is 386 g/mol. The highest BCUT2D eigenvalue weighted by atomic mass is 32.2. The van der Waals surface area contributed by atoms with Gasteiger partial charge < -0.3 is 20.1 Å². The van der Waals surface area contributed by atoms with Crippen molar-refractivity contribution in [2.75, 3.05) is 18.8 Å². The van der Waals surface area contributed by atoms with Crippen molar-refractivity contribution in [2.45, 2.75) is 64.6 Å². The Morgan fingerprint density at radius 1 is 1.21 bits per heavy atom. The number of carboxylic acids is 1. The molecule has 9 nitrogen and oxygen atoms in total. The first kappa shape index (κ1) is 24.2. The SMILES string of the molecule is CC(NCC(=O)OC(C)(C)C)C(=O)NC(C(=O)N1CCSC1C(=O)O)C(C)C. The molecule has 0 aliphatic carbocycles. The second-order valence-electron chi connectivity index (χ2n) is 8.01. The highest BCUT2D eigenvalue weighted by Gasteiger charge is 2.39. The Bertz CT molecular complexity index is 605. The Balaban J connectivity index is 2.67. The molecule has 0 bridgehead atoms. The first-order valence-corrected chi connectivity index (χ1v) is 10.3. The molecule has 1 aliphatic rings. The molecule has 1 heterocycles. The van der Waals surface area contributed by atoms with E-state index < -0.39 is 46.8 Å². The number of nitrogens with one attached hydrogen (secondary N) is 2. The average molecular weight is 418 g/mol. The maximum absolute atomic E-state index is 12.8. The molecule has 1 fully saturated rings. The number of carbonyl (C=O) groups excluding carboxylic acids is 3. The number of esters is 1. The Hall–Kier alpha value is -1.81. The predicted molar refractivity (Wildman–Crippen MR) is 106 cm³/mol. The van der Waals surface area contributed by atoms with E-state index in [1.54, 1.807) is 41.5 Å². The van der Waals surface area contributed by atoms with Crippen LogP contribution in [0.4, 0.5) is 0 Å². The van der Waals surface area contributed by atoms with E-state index in [4.69, 9.17) is 4.74 Å². The van der Waals surface area contributed by atoms with Crippen LogP contribution in [0, 0.1) is 5.92 Å². The molecule has 0 radical (unpaired) electrons. The quantitative estimate of drug-likeness (QED) is 0.486. The van der Waals surface area contributed by atoms with Crippen LogP contribution in [0.1, 0.15) is 41.5 Å². The van der Waals surface area contributed by atoms with Crippen molar-refractivity contribution >= 4 is 35.5 Å². The number of carbonyl (C=O) groups is 4. The zero-order chi connectivity index (χ0) is 21.6. The van der Waals surface area contributed by atoms with Gasteiger partial charge in [-0.2, -0.15) is 0 Å². The summed E-state index contributed by atoms with van der Waals surface area (Å²) in [5, 5.41) is 13.8. The third-order valence-corrected chi connectivity index (χ3v) is 5.17. The minimum atomic E-state index is -1.07. The van der Waals surface area contributed by atoms with Gasteiger partial charge in [0.25, 0.3) is 0 Å².